The molecular formula is C18H28N2O3. The highest BCUT2D eigenvalue weighted by Gasteiger charge is 2.24. The predicted molar refractivity (Wildman–Crippen MR) is 90.6 cm³/mol. The van der Waals surface area contributed by atoms with Gasteiger partial charge >= 0.3 is 0 Å². The van der Waals surface area contributed by atoms with E-state index in [-0.39, 0.29) is 5.91 Å². The zero-order valence-corrected chi connectivity index (χ0v) is 14.4. The van der Waals surface area contributed by atoms with E-state index in [1.54, 1.807) is 0 Å². The summed E-state index contributed by atoms with van der Waals surface area (Å²) < 4.78 is 5.41. The van der Waals surface area contributed by atoms with Gasteiger partial charge in [-0.3, -0.25) is 9.69 Å². The Morgan fingerprint density at radius 2 is 1.78 bits per heavy atom. The van der Waals surface area contributed by atoms with E-state index in [4.69, 9.17) is 4.74 Å². The normalized spacial score (nSPS) is 16.4. The molecule has 1 amide bonds. The van der Waals surface area contributed by atoms with Crippen molar-refractivity contribution in [1.82, 2.24) is 9.80 Å². The molecule has 0 radical (unpaired) electrons. The molecule has 1 aromatic rings. The van der Waals surface area contributed by atoms with Crippen LogP contribution in [0.5, 0.6) is 5.75 Å². The Morgan fingerprint density at radius 3 is 2.30 bits per heavy atom. The Hall–Kier alpha value is -1.59. The smallest absolute Gasteiger partial charge is 0.227 e. The maximum atomic E-state index is 12.4. The van der Waals surface area contributed by atoms with E-state index >= 15 is 0 Å². The highest BCUT2D eigenvalue weighted by atomic mass is 16.5. The van der Waals surface area contributed by atoms with Crippen molar-refractivity contribution in [3.8, 4) is 5.75 Å². The average Bonchev–Trinajstić information content (AvgIpc) is 2.48. The van der Waals surface area contributed by atoms with Crippen LogP contribution in [-0.4, -0.2) is 65.7 Å². The fourth-order valence-electron chi connectivity index (χ4n) is 2.86. The molecule has 0 atom stereocenters. The van der Waals surface area contributed by atoms with Crippen molar-refractivity contribution in [3.05, 3.63) is 29.8 Å². The highest BCUT2D eigenvalue weighted by Crippen LogP contribution is 2.14. The van der Waals surface area contributed by atoms with Gasteiger partial charge in [0.2, 0.25) is 5.91 Å². The van der Waals surface area contributed by atoms with Crippen LogP contribution in [0, 0.1) is 0 Å². The van der Waals surface area contributed by atoms with Crippen LogP contribution in [0.4, 0.5) is 0 Å². The highest BCUT2D eigenvalue weighted by molar-refractivity contribution is 5.78. The quantitative estimate of drug-likeness (QED) is 0.864. The number of nitrogens with zero attached hydrogens (tertiary/aromatic N) is 2. The van der Waals surface area contributed by atoms with Gasteiger partial charge in [0.05, 0.1) is 18.6 Å². The summed E-state index contributed by atoms with van der Waals surface area (Å²) in [7, 11) is 0. The number of benzene rings is 1. The van der Waals surface area contributed by atoms with Gasteiger partial charge < -0.3 is 14.7 Å². The van der Waals surface area contributed by atoms with Gasteiger partial charge in [-0.05, 0) is 38.5 Å². The molecule has 1 fully saturated rings. The van der Waals surface area contributed by atoms with Gasteiger partial charge in [0, 0.05) is 32.7 Å². The number of rotatable bonds is 6. The van der Waals surface area contributed by atoms with Gasteiger partial charge in [0.15, 0.2) is 0 Å². The summed E-state index contributed by atoms with van der Waals surface area (Å²) in [5, 5.41) is 9.87. The second-order valence-corrected chi connectivity index (χ2v) is 6.72. The first kappa shape index (κ1) is 17.8. The van der Waals surface area contributed by atoms with Crippen molar-refractivity contribution in [2.45, 2.75) is 32.8 Å². The summed E-state index contributed by atoms with van der Waals surface area (Å²) >= 11 is 0. The van der Waals surface area contributed by atoms with Crippen LogP contribution in [0.2, 0.25) is 0 Å². The molecule has 2 rings (SSSR count). The fraction of sp³-hybridized carbons (Fsp3) is 0.611. The van der Waals surface area contributed by atoms with E-state index in [0.29, 0.717) is 19.6 Å². The van der Waals surface area contributed by atoms with Crippen LogP contribution in [0.15, 0.2) is 24.3 Å². The molecule has 1 N–H and O–H groups in total. The summed E-state index contributed by atoms with van der Waals surface area (Å²) in [6, 6.07) is 7.72. The van der Waals surface area contributed by atoms with Gasteiger partial charge in [-0.1, -0.05) is 12.1 Å². The molecule has 0 aromatic heterocycles. The van der Waals surface area contributed by atoms with Gasteiger partial charge in [0.1, 0.15) is 5.75 Å². The van der Waals surface area contributed by atoms with Crippen LogP contribution in [-0.2, 0) is 11.2 Å². The summed E-state index contributed by atoms with van der Waals surface area (Å²) in [4.78, 5) is 16.5. The third-order valence-electron chi connectivity index (χ3n) is 3.93. The predicted octanol–water partition coefficient (Wildman–Crippen LogP) is 1.54. The van der Waals surface area contributed by atoms with E-state index in [0.717, 1.165) is 37.5 Å². The van der Waals surface area contributed by atoms with Crippen LogP contribution in [0.1, 0.15) is 26.3 Å². The summed E-state index contributed by atoms with van der Waals surface area (Å²) in [6.45, 7) is 9.97. The lowest BCUT2D eigenvalue weighted by Crippen LogP contribution is -2.52. The van der Waals surface area contributed by atoms with Crippen LogP contribution >= 0.6 is 0 Å². The number of aliphatic hydroxyl groups is 1. The van der Waals surface area contributed by atoms with Crippen molar-refractivity contribution in [3.63, 3.8) is 0 Å². The zero-order valence-electron chi connectivity index (χ0n) is 14.4. The van der Waals surface area contributed by atoms with Crippen molar-refractivity contribution in [1.29, 1.82) is 0 Å². The van der Waals surface area contributed by atoms with Crippen LogP contribution in [0.25, 0.3) is 0 Å². The lowest BCUT2D eigenvalue weighted by molar-refractivity contribution is -0.132. The molecule has 0 aliphatic carbocycles. The minimum atomic E-state index is -0.686. The van der Waals surface area contributed by atoms with Gasteiger partial charge in [-0.25, -0.2) is 0 Å². The molecule has 1 aliphatic rings. The van der Waals surface area contributed by atoms with E-state index in [1.807, 2.05) is 49.9 Å². The average molecular weight is 320 g/mol. The number of β-amino-alcohol motifs (C(OH)–C–C–N with tert-alkyl or cyclic N) is 1. The lowest BCUT2D eigenvalue weighted by atomic mass is 10.1. The Balaban J connectivity index is 1.80. The van der Waals surface area contributed by atoms with Gasteiger partial charge in [0.25, 0.3) is 0 Å². The Bertz CT molecular complexity index is 500. The first-order valence-corrected chi connectivity index (χ1v) is 8.31. The maximum Gasteiger partial charge on any atom is 0.227 e. The van der Waals surface area contributed by atoms with Crippen LogP contribution < -0.4 is 4.74 Å². The molecule has 1 saturated heterocycles. The number of amides is 1. The third-order valence-corrected chi connectivity index (χ3v) is 3.93. The standard InChI is InChI=1S/C18H28N2O3/c1-4-23-16-7-5-15(6-8-16)13-17(21)20-11-9-19(10-12-20)14-18(2,3)22/h5-8,22H,4,9-14H2,1-3H3. The Labute approximate surface area is 138 Å². The van der Waals surface area contributed by atoms with E-state index in [9.17, 15) is 9.90 Å². The third kappa shape index (κ3) is 5.84. The van der Waals surface area contributed by atoms with E-state index in [2.05, 4.69) is 4.90 Å². The number of hydrogen-bond donors (Lipinski definition) is 1. The van der Waals surface area contributed by atoms with Gasteiger partial charge in [-0.15, -0.1) is 0 Å². The molecule has 0 saturated carbocycles. The summed E-state index contributed by atoms with van der Waals surface area (Å²) in [5.74, 6) is 1.00. The van der Waals surface area contributed by atoms with Crippen LogP contribution in [0.3, 0.4) is 0 Å². The molecular weight excluding hydrogens is 292 g/mol. The monoisotopic (exact) mass is 320 g/mol. The minimum absolute atomic E-state index is 0.164. The topological polar surface area (TPSA) is 53.0 Å². The molecule has 1 heterocycles. The molecule has 1 aliphatic heterocycles. The molecule has 0 spiro atoms. The molecule has 0 unspecified atom stereocenters. The Morgan fingerprint density at radius 1 is 1.17 bits per heavy atom. The first-order chi connectivity index (χ1) is 10.9. The Kier molecular flexibility index (Phi) is 6.02. The SMILES string of the molecule is CCOc1ccc(CC(=O)N2CCN(CC(C)(C)O)CC2)cc1. The fourth-order valence-corrected chi connectivity index (χ4v) is 2.86. The second kappa shape index (κ2) is 7.79. The summed E-state index contributed by atoms with van der Waals surface area (Å²) in [5.41, 5.74) is 0.325. The second-order valence-electron chi connectivity index (χ2n) is 6.72. The van der Waals surface area contributed by atoms with E-state index < -0.39 is 5.60 Å². The molecule has 5 nitrogen and oxygen atoms in total. The largest absolute Gasteiger partial charge is 0.494 e. The van der Waals surface area contributed by atoms with Crippen molar-refractivity contribution < 1.29 is 14.6 Å². The number of hydrogen-bond acceptors (Lipinski definition) is 4. The molecule has 0 bridgehead atoms. The molecule has 5 heteroatoms. The molecule has 128 valence electrons. The first-order valence-electron chi connectivity index (χ1n) is 8.31. The number of carbonyl (C=O) groups is 1. The number of ether oxygens (including phenoxy) is 1. The van der Waals surface area contributed by atoms with Gasteiger partial charge in [-0.2, -0.15) is 0 Å². The van der Waals surface area contributed by atoms with E-state index in [1.165, 1.54) is 0 Å². The number of piperazine rings is 1. The maximum absolute atomic E-state index is 12.4. The zero-order chi connectivity index (χ0) is 16.9. The lowest BCUT2D eigenvalue weighted by Gasteiger charge is -2.37. The summed E-state index contributed by atoms with van der Waals surface area (Å²) in [6.07, 6.45) is 0.428. The minimum Gasteiger partial charge on any atom is -0.494 e. The molecule has 23 heavy (non-hydrogen) atoms. The number of carbonyl (C=O) groups excluding carboxylic acids is 1. The van der Waals surface area contributed by atoms with Crippen molar-refractivity contribution in [2.24, 2.45) is 0 Å². The van der Waals surface area contributed by atoms with Crippen molar-refractivity contribution >= 4 is 5.91 Å². The van der Waals surface area contributed by atoms with Crippen molar-refractivity contribution in [2.75, 3.05) is 39.3 Å². The molecule has 1 aromatic carbocycles.